The molecule has 0 unspecified atom stereocenters. The number of sulfone groups is 1. The van der Waals surface area contributed by atoms with Gasteiger partial charge < -0.3 is 16.4 Å². The first-order chi connectivity index (χ1) is 11.6. The highest BCUT2D eigenvalue weighted by Crippen LogP contribution is 2.32. The van der Waals surface area contributed by atoms with Crippen LogP contribution in [0.25, 0.3) is 0 Å². The van der Waals surface area contributed by atoms with Gasteiger partial charge in [0.25, 0.3) is 5.91 Å². The number of rotatable bonds is 4. The Bertz CT molecular complexity index is 936. The standard InChI is InChI=1S/C16H19N5O3S/c1-10-7-13(21(2)11-5-4-6-19-9-11)14(25(3,23)24)8-12(10)15(22)20-16(17)18/h4-9H,1-3H3,(H4,17,18,20,22). The Kier molecular flexibility index (Phi) is 5.07. The van der Waals surface area contributed by atoms with Crippen LogP contribution in [0.1, 0.15) is 15.9 Å². The summed E-state index contributed by atoms with van der Waals surface area (Å²) in [6, 6.07) is 6.45. The van der Waals surface area contributed by atoms with E-state index in [0.29, 0.717) is 16.9 Å². The van der Waals surface area contributed by atoms with Crippen LogP contribution >= 0.6 is 0 Å². The lowest BCUT2D eigenvalue weighted by atomic mass is 10.1. The van der Waals surface area contributed by atoms with Crippen molar-refractivity contribution < 1.29 is 13.2 Å². The molecule has 0 saturated carbocycles. The van der Waals surface area contributed by atoms with Gasteiger partial charge in [0.15, 0.2) is 15.8 Å². The molecule has 0 fully saturated rings. The van der Waals surface area contributed by atoms with Crippen LogP contribution in [-0.4, -0.2) is 38.6 Å². The molecule has 1 aromatic heterocycles. The number of nitrogens with zero attached hydrogens (tertiary/aromatic N) is 3. The number of benzene rings is 1. The third kappa shape index (κ3) is 4.13. The lowest BCUT2D eigenvalue weighted by Crippen LogP contribution is -2.24. The van der Waals surface area contributed by atoms with Gasteiger partial charge in [-0.25, -0.2) is 8.42 Å². The molecule has 2 rings (SSSR count). The minimum atomic E-state index is -3.61. The second kappa shape index (κ2) is 6.89. The van der Waals surface area contributed by atoms with Crippen molar-refractivity contribution in [2.75, 3.05) is 18.2 Å². The summed E-state index contributed by atoms with van der Waals surface area (Å²) < 4.78 is 24.5. The summed E-state index contributed by atoms with van der Waals surface area (Å²) in [5.74, 6) is -1.08. The molecule has 0 atom stereocenters. The van der Waals surface area contributed by atoms with E-state index in [1.54, 1.807) is 49.5 Å². The van der Waals surface area contributed by atoms with E-state index in [9.17, 15) is 13.2 Å². The maximum absolute atomic E-state index is 12.3. The maximum Gasteiger partial charge on any atom is 0.280 e. The number of carbonyl (C=O) groups is 1. The molecule has 9 heteroatoms. The number of hydrogen-bond donors (Lipinski definition) is 2. The van der Waals surface area contributed by atoms with Crippen LogP contribution in [0.5, 0.6) is 0 Å². The monoisotopic (exact) mass is 361 g/mol. The molecule has 0 spiro atoms. The van der Waals surface area contributed by atoms with Crippen LogP contribution in [0.3, 0.4) is 0 Å². The number of aromatic nitrogens is 1. The van der Waals surface area contributed by atoms with Crippen molar-refractivity contribution in [2.45, 2.75) is 11.8 Å². The zero-order chi connectivity index (χ0) is 18.8. The van der Waals surface area contributed by atoms with Gasteiger partial charge in [-0.05, 0) is 36.8 Å². The number of aliphatic imine (C=N–C) groups is 1. The van der Waals surface area contributed by atoms with Crippen molar-refractivity contribution in [1.82, 2.24) is 4.98 Å². The fraction of sp³-hybridized carbons (Fsp3) is 0.188. The third-order valence-corrected chi connectivity index (χ3v) is 4.69. The molecule has 0 radical (unpaired) electrons. The van der Waals surface area contributed by atoms with E-state index in [1.165, 1.54) is 6.07 Å². The minimum absolute atomic E-state index is 0.00130. The molecule has 25 heavy (non-hydrogen) atoms. The molecule has 0 saturated heterocycles. The lowest BCUT2D eigenvalue weighted by molar-refractivity contribution is 0.100. The summed E-state index contributed by atoms with van der Waals surface area (Å²) in [6.07, 6.45) is 4.31. The number of pyridine rings is 1. The normalized spacial score (nSPS) is 11.0. The van der Waals surface area contributed by atoms with Gasteiger partial charge in [0, 0.05) is 25.1 Å². The fourth-order valence-electron chi connectivity index (χ4n) is 2.33. The second-order valence-corrected chi connectivity index (χ2v) is 7.50. The van der Waals surface area contributed by atoms with Gasteiger partial charge in [0.05, 0.1) is 22.5 Å². The topological polar surface area (TPSA) is 132 Å². The SMILES string of the molecule is Cc1cc(N(C)c2cccnc2)c(S(C)(=O)=O)cc1C(=O)N=C(N)N. The van der Waals surface area contributed by atoms with E-state index >= 15 is 0 Å². The first kappa shape index (κ1) is 18.4. The van der Waals surface area contributed by atoms with Crippen LogP contribution in [0, 0.1) is 6.92 Å². The molecule has 132 valence electrons. The molecular formula is C16H19N5O3S. The Morgan fingerprint density at radius 1 is 1.28 bits per heavy atom. The largest absolute Gasteiger partial charge is 0.370 e. The number of amides is 1. The molecule has 0 aliphatic heterocycles. The number of hydrogen-bond acceptors (Lipinski definition) is 5. The highest BCUT2D eigenvalue weighted by Gasteiger charge is 2.22. The molecule has 0 bridgehead atoms. The van der Waals surface area contributed by atoms with Crippen molar-refractivity contribution >= 4 is 33.1 Å². The van der Waals surface area contributed by atoms with Gasteiger partial charge in [-0.3, -0.25) is 9.78 Å². The Morgan fingerprint density at radius 2 is 1.96 bits per heavy atom. The van der Waals surface area contributed by atoms with E-state index in [-0.39, 0.29) is 16.4 Å². The number of guanidine groups is 1. The van der Waals surface area contributed by atoms with Gasteiger partial charge in [0.1, 0.15) is 0 Å². The Balaban J connectivity index is 2.68. The Hall–Kier alpha value is -2.94. The van der Waals surface area contributed by atoms with Gasteiger partial charge in [-0.2, -0.15) is 4.99 Å². The van der Waals surface area contributed by atoms with Gasteiger partial charge in [0.2, 0.25) is 0 Å². The number of nitrogens with two attached hydrogens (primary N) is 2. The first-order valence-electron chi connectivity index (χ1n) is 7.23. The summed E-state index contributed by atoms with van der Waals surface area (Å²) in [4.78, 5) is 21.3. The van der Waals surface area contributed by atoms with Crippen LogP contribution in [0.15, 0.2) is 46.5 Å². The van der Waals surface area contributed by atoms with Gasteiger partial charge >= 0.3 is 0 Å². The number of anilines is 2. The number of aryl methyl sites for hydroxylation is 1. The molecule has 2 aromatic rings. The predicted octanol–water partition coefficient (Wildman–Crippen LogP) is 0.975. The van der Waals surface area contributed by atoms with Crippen molar-refractivity contribution in [2.24, 2.45) is 16.5 Å². The van der Waals surface area contributed by atoms with Crippen LogP contribution < -0.4 is 16.4 Å². The summed E-state index contributed by atoms with van der Waals surface area (Å²) in [5.41, 5.74) is 12.3. The summed E-state index contributed by atoms with van der Waals surface area (Å²) in [5, 5.41) is 0. The van der Waals surface area contributed by atoms with Crippen LogP contribution in [-0.2, 0) is 9.84 Å². The quantitative estimate of drug-likeness (QED) is 0.612. The highest BCUT2D eigenvalue weighted by atomic mass is 32.2. The van der Waals surface area contributed by atoms with E-state index < -0.39 is 15.7 Å². The van der Waals surface area contributed by atoms with Gasteiger partial charge in [-0.1, -0.05) is 0 Å². The molecule has 0 aliphatic rings. The molecule has 0 aliphatic carbocycles. The van der Waals surface area contributed by atoms with E-state index in [2.05, 4.69) is 9.98 Å². The fourth-order valence-corrected chi connectivity index (χ4v) is 3.24. The maximum atomic E-state index is 12.3. The zero-order valence-corrected chi connectivity index (χ0v) is 14.9. The predicted molar refractivity (Wildman–Crippen MR) is 96.7 cm³/mol. The van der Waals surface area contributed by atoms with E-state index in [4.69, 9.17) is 11.5 Å². The van der Waals surface area contributed by atoms with Crippen molar-refractivity contribution in [3.8, 4) is 0 Å². The molecule has 4 N–H and O–H groups in total. The Morgan fingerprint density at radius 3 is 2.48 bits per heavy atom. The van der Waals surface area contributed by atoms with Crippen LogP contribution in [0.4, 0.5) is 11.4 Å². The van der Waals surface area contributed by atoms with E-state index in [1.807, 2.05) is 0 Å². The highest BCUT2D eigenvalue weighted by molar-refractivity contribution is 7.90. The molecular weight excluding hydrogens is 342 g/mol. The summed E-state index contributed by atoms with van der Waals surface area (Å²) >= 11 is 0. The van der Waals surface area contributed by atoms with Crippen molar-refractivity contribution in [3.05, 3.63) is 47.8 Å². The third-order valence-electron chi connectivity index (χ3n) is 3.56. The Labute approximate surface area is 146 Å². The molecule has 1 aromatic carbocycles. The smallest absolute Gasteiger partial charge is 0.280 e. The molecule has 8 nitrogen and oxygen atoms in total. The minimum Gasteiger partial charge on any atom is -0.370 e. The average Bonchev–Trinajstić information content (AvgIpc) is 2.52. The molecule has 1 amide bonds. The second-order valence-electron chi connectivity index (χ2n) is 5.52. The van der Waals surface area contributed by atoms with Gasteiger partial charge in [-0.15, -0.1) is 0 Å². The molecule has 1 heterocycles. The van der Waals surface area contributed by atoms with Crippen molar-refractivity contribution in [3.63, 3.8) is 0 Å². The van der Waals surface area contributed by atoms with Crippen LogP contribution in [0.2, 0.25) is 0 Å². The lowest BCUT2D eigenvalue weighted by Gasteiger charge is -2.23. The van der Waals surface area contributed by atoms with E-state index in [0.717, 1.165) is 6.26 Å². The number of carbonyl (C=O) groups excluding carboxylic acids is 1. The zero-order valence-electron chi connectivity index (χ0n) is 14.1. The summed E-state index contributed by atoms with van der Waals surface area (Å²) in [6.45, 7) is 1.68. The average molecular weight is 361 g/mol. The first-order valence-corrected chi connectivity index (χ1v) is 9.13. The summed E-state index contributed by atoms with van der Waals surface area (Å²) in [7, 11) is -1.89. The van der Waals surface area contributed by atoms with Crippen molar-refractivity contribution in [1.29, 1.82) is 0 Å².